The van der Waals surface area contributed by atoms with Gasteiger partial charge in [0.1, 0.15) is 5.75 Å². The van der Waals surface area contributed by atoms with Crippen LogP contribution in [-0.4, -0.2) is 34.7 Å². The molecule has 1 heterocycles. The number of benzene rings is 3. The van der Waals surface area contributed by atoms with E-state index in [9.17, 15) is 13.2 Å². The van der Waals surface area contributed by atoms with Crippen LogP contribution in [0.1, 0.15) is 15.9 Å². The van der Waals surface area contributed by atoms with Crippen molar-refractivity contribution in [1.82, 2.24) is 0 Å². The summed E-state index contributed by atoms with van der Waals surface area (Å²) in [6, 6.07) is 18.4. The van der Waals surface area contributed by atoms with Gasteiger partial charge in [-0.2, -0.15) is 0 Å². The molecule has 0 fully saturated rings. The highest BCUT2D eigenvalue weighted by Gasteiger charge is 2.26. The number of anilines is 2. The molecule has 0 bridgehead atoms. The van der Waals surface area contributed by atoms with E-state index < -0.39 is 10.0 Å². The van der Waals surface area contributed by atoms with Gasteiger partial charge in [-0.1, -0.05) is 24.3 Å². The zero-order chi connectivity index (χ0) is 21.6. The third kappa shape index (κ3) is 3.52. The molecule has 0 atom stereocenters. The van der Waals surface area contributed by atoms with Gasteiger partial charge in [-0.15, -0.1) is 0 Å². The van der Waals surface area contributed by atoms with Gasteiger partial charge in [-0.3, -0.25) is 9.10 Å². The van der Waals surface area contributed by atoms with Gasteiger partial charge in [0.2, 0.25) is 10.0 Å². The normalized spacial score (nSPS) is 13.2. The van der Waals surface area contributed by atoms with E-state index in [0.717, 1.165) is 28.6 Å². The minimum Gasteiger partial charge on any atom is -0.454 e. The van der Waals surface area contributed by atoms with Crippen molar-refractivity contribution in [3.05, 3.63) is 71.8 Å². The molecule has 1 amide bonds. The van der Waals surface area contributed by atoms with Crippen LogP contribution >= 0.6 is 0 Å². The number of amides is 1. The van der Waals surface area contributed by atoms with Crippen molar-refractivity contribution in [1.29, 1.82) is 0 Å². The Balaban J connectivity index is 1.79. The summed E-state index contributed by atoms with van der Waals surface area (Å²) < 4.78 is 31.1. The van der Waals surface area contributed by atoms with Crippen LogP contribution in [0.25, 0.3) is 11.1 Å². The minimum atomic E-state index is -3.37. The fourth-order valence-electron chi connectivity index (χ4n) is 3.42. The average Bonchev–Trinajstić information content (AvgIpc) is 2.82. The van der Waals surface area contributed by atoms with Crippen LogP contribution in [0.3, 0.4) is 0 Å². The van der Waals surface area contributed by atoms with Crippen LogP contribution < -0.4 is 13.9 Å². The first-order chi connectivity index (χ1) is 14.1. The van der Waals surface area contributed by atoms with Crippen molar-refractivity contribution in [3.63, 3.8) is 0 Å². The second-order valence-corrected chi connectivity index (χ2v) is 9.44. The van der Waals surface area contributed by atoms with Crippen molar-refractivity contribution < 1.29 is 17.9 Å². The maximum atomic E-state index is 13.0. The van der Waals surface area contributed by atoms with E-state index in [1.54, 1.807) is 36.2 Å². The SMILES string of the molecule is Cc1ccc2c(c1)N(C)C(=O)c1ccc(-c3cccc(N(C)S(C)(=O)=O)c3)cc1O2. The average molecular weight is 423 g/mol. The van der Waals surface area contributed by atoms with Gasteiger partial charge in [0, 0.05) is 14.1 Å². The Kier molecular flexibility index (Phi) is 4.78. The number of carbonyl (C=O) groups is 1. The molecule has 0 saturated heterocycles. The predicted molar refractivity (Wildman–Crippen MR) is 119 cm³/mol. The van der Waals surface area contributed by atoms with E-state index in [1.165, 1.54) is 11.4 Å². The first-order valence-electron chi connectivity index (χ1n) is 9.40. The number of fused-ring (bicyclic) bond motifs is 2. The second-order valence-electron chi connectivity index (χ2n) is 7.43. The lowest BCUT2D eigenvalue weighted by Crippen LogP contribution is -2.25. The maximum Gasteiger partial charge on any atom is 0.261 e. The topological polar surface area (TPSA) is 66.9 Å². The molecular weight excluding hydrogens is 400 g/mol. The number of hydrogen-bond acceptors (Lipinski definition) is 4. The fraction of sp³-hybridized carbons (Fsp3) is 0.174. The smallest absolute Gasteiger partial charge is 0.261 e. The standard InChI is InChI=1S/C23H22N2O4S/c1-15-8-11-21-20(12-15)24(2)23(26)19-10-9-17(14-22(19)29-21)16-6-5-7-18(13-16)25(3)30(4,27)28/h5-14H,1-4H3. The molecule has 0 aromatic heterocycles. The number of ether oxygens (including phenoxy) is 1. The molecule has 0 unspecified atom stereocenters. The van der Waals surface area contributed by atoms with Crippen LogP contribution in [0.4, 0.5) is 11.4 Å². The molecule has 0 aliphatic carbocycles. The van der Waals surface area contributed by atoms with Crippen LogP contribution in [-0.2, 0) is 10.0 Å². The van der Waals surface area contributed by atoms with E-state index in [0.29, 0.717) is 22.7 Å². The van der Waals surface area contributed by atoms with E-state index in [4.69, 9.17) is 4.74 Å². The van der Waals surface area contributed by atoms with Crippen LogP contribution in [0.15, 0.2) is 60.7 Å². The summed E-state index contributed by atoms with van der Waals surface area (Å²) in [7, 11) is -0.116. The van der Waals surface area contributed by atoms with Crippen molar-refractivity contribution in [3.8, 4) is 22.6 Å². The largest absolute Gasteiger partial charge is 0.454 e. The third-order valence-corrected chi connectivity index (χ3v) is 6.46. The lowest BCUT2D eigenvalue weighted by atomic mass is 10.0. The number of carbonyl (C=O) groups excluding carboxylic acids is 1. The molecule has 6 nitrogen and oxygen atoms in total. The molecule has 30 heavy (non-hydrogen) atoms. The zero-order valence-corrected chi connectivity index (χ0v) is 18.0. The van der Waals surface area contributed by atoms with Gasteiger partial charge < -0.3 is 9.64 Å². The Hall–Kier alpha value is -3.32. The monoisotopic (exact) mass is 422 g/mol. The summed E-state index contributed by atoms with van der Waals surface area (Å²) in [6.45, 7) is 1.97. The lowest BCUT2D eigenvalue weighted by molar-refractivity contribution is 0.0993. The Labute approximate surface area is 176 Å². The maximum absolute atomic E-state index is 13.0. The van der Waals surface area contributed by atoms with E-state index in [2.05, 4.69) is 0 Å². The van der Waals surface area contributed by atoms with Crippen molar-refractivity contribution in [2.75, 3.05) is 29.6 Å². The Morgan fingerprint density at radius 1 is 0.933 bits per heavy atom. The highest BCUT2D eigenvalue weighted by Crippen LogP contribution is 2.40. The third-order valence-electron chi connectivity index (χ3n) is 5.25. The first kappa shape index (κ1) is 20.0. The molecular formula is C23H22N2O4S. The quantitative estimate of drug-likeness (QED) is 0.626. The summed E-state index contributed by atoms with van der Waals surface area (Å²) in [4.78, 5) is 14.6. The molecule has 3 aromatic carbocycles. The van der Waals surface area contributed by atoms with Crippen molar-refractivity contribution in [2.45, 2.75) is 6.92 Å². The Morgan fingerprint density at radius 2 is 1.67 bits per heavy atom. The van der Waals surface area contributed by atoms with Crippen LogP contribution in [0, 0.1) is 6.92 Å². The molecule has 1 aliphatic rings. The summed E-state index contributed by atoms with van der Waals surface area (Å²) in [5.74, 6) is 0.929. The first-order valence-corrected chi connectivity index (χ1v) is 11.2. The van der Waals surface area contributed by atoms with E-state index in [-0.39, 0.29) is 5.91 Å². The van der Waals surface area contributed by atoms with Gasteiger partial charge in [-0.25, -0.2) is 8.42 Å². The molecule has 154 valence electrons. The molecule has 0 N–H and O–H groups in total. The van der Waals surface area contributed by atoms with Crippen LogP contribution in [0.5, 0.6) is 11.5 Å². The van der Waals surface area contributed by atoms with Gasteiger partial charge in [0.15, 0.2) is 5.75 Å². The van der Waals surface area contributed by atoms with Crippen LogP contribution in [0.2, 0.25) is 0 Å². The molecule has 0 saturated carbocycles. The van der Waals surface area contributed by atoms with E-state index >= 15 is 0 Å². The van der Waals surface area contributed by atoms with Gasteiger partial charge in [0.25, 0.3) is 5.91 Å². The molecule has 1 aliphatic heterocycles. The van der Waals surface area contributed by atoms with Crippen molar-refractivity contribution in [2.24, 2.45) is 0 Å². The minimum absolute atomic E-state index is 0.147. The number of rotatable bonds is 3. The van der Waals surface area contributed by atoms with Gasteiger partial charge in [-0.05, 0) is 60.0 Å². The van der Waals surface area contributed by atoms with Crippen molar-refractivity contribution >= 4 is 27.3 Å². The second kappa shape index (κ2) is 7.18. The number of nitrogens with zero attached hydrogens (tertiary/aromatic N) is 2. The van der Waals surface area contributed by atoms with E-state index in [1.807, 2.05) is 43.3 Å². The highest BCUT2D eigenvalue weighted by atomic mass is 32.2. The lowest BCUT2D eigenvalue weighted by Gasteiger charge is -2.17. The fourth-order valence-corrected chi connectivity index (χ4v) is 3.92. The Morgan fingerprint density at radius 3 is 2.40 bits per heavy atom. The summed E-state index contributed by atoms with van der Waals surface area (Å²) in [5, 5.41) is 0. The number of sulfonamides is 1. The summed E-state index contributed by atoms with van der Waals surface area (Å²) >= 11 is 0. The van der Waals surface area contributed by atoms with Gasteiger partial charge in [0.05, 0.1) is 23.2 Å². The molecule has 4 rings (SSSR count). The molecule has 0 radical (unpaired) electrons. The summed E-state index contributed by atoms with van der Waals surface area (Å²) in [5.41, 5.74) is 4.43. The number of hydrogen-bond donors (Lipinski definition) is 0. The Bertz CT molecular complexity index is 1270. The number of aryl methyl sites for hydroxylation is 1. The predicted octanol–water partition coefficient (Wildman–Crippen LogP) is 4.44. The zero-order valence-electron chi connectivity index (χ0n) is 17.2. The van der Waals surface area contributed by atoms with Gasteiger partial charge >= 0.3 is 0 Å². The summed E-state index contributed by atoms with van der Waals surface area (Å²) in [6.07, 6.45) is 1.16. The molecule has 7 heteroatoms. The molecule has 3 aromatic rings. The molecule has 0 spiro atoms. The highest BCUT2D eigenvalue weighted by molar-refractivity contribution is 7.92.